The number of nitrogens with two attached hydrogens (primary N) is 1. The molecular formula is C20H28N2O4. The van der Waals surface area contributed by atoms with Crippen LogP contribution in [0, 0.1) is 0 Å². The summed E-state index contributed by atoms with van der Waals surface area (Å²) in [6, 6.07) is 5.58. The third-order valence-electron chi connectivity index (χ3n) is 4.70. The third kappa shape index (κ3) is 5.79. The highest BCUT2D eigenvalue weighted by atomic mass is 16.5. The lowest BCUT2D eigenvalue weighted by atomic mass is 10.1. The van der Waals surface area contributed by atoms with E-state index in [1.165, 1.54) is 32.8 Å². The van der Waals surface area contributed by atoms with Crippen LogP contribution in [0.25, 0.3) is 6.08 Å². The van der Waals surface area contributed by atoms with Crippen LogP contribution >= 0.6 is 0 Å². The predicted octanol–water partition coefficient (Wildman–Crippen LogP) is 2.75. The smallest absolute Gasteiger partial charge is 0.255 e. The fourth-order valence-corrected chi connectivity index (χ4v) is 3.17. The minimum absolute atomic E-state index is 0.00456. The average Bonchev–Trinajstić information content (AvgIpc) is 2.93. The van der Waals surface area contributed by atoms with E-state index in [1.54, 1.807) is 30.4 Å². The van der Waals surface area contributed by atoms with Crippen LogP contribution in [0.2, 0.25) is 0 Å². The van der Waals surface area contributed by atoms with E-state index in [1.807, 2.05) is 11.9 Å². The van der Waals surface area contributed by atoms with Gasteiger partial charge in [0.2, 0.25) is 5.91 Å². The van der Waals surface area contributed by atoms with Crippen LogP contribution in [0.1, 0.15) is 44.1 Å². The van der Waals surface area contributed by atoms with Gasteiger partial charge in [-0.15, -0.1) is 0 Å². The van der Waals surface area contributed by atoms with Gasteiger partial charge in [0.1, 0.15) is 0 Å². The highest BCUT2D eigenvalue weighted by Crippen LogP contribution is 2.28. The molecule has 0 saturated heterocycles. The number of carbonyl (C=O) groups is 2. The third-order valence-corrected chi connectivity index (χ3v) is 4.70. The van der Waals surface area contributed by atoms with Gasteiger partial charge in [-0.3, -0.25) is 9.59 Å². The van der Waals surface area contributed by atoms with Gasteiger partial charge in [-0.1, -0.05) is 31.7 Å². The molecule has 2 N–H and O–H groups in total. The number of ether oxygens (including phenoxy) is 2. The van der Waals surface area contributed by atoms with Gasteiger partial charge in [0, 0.05) is 19.2 Å². The standard InChI is InChI=1S/C20H28N2O4/c1-22(16-7-5-3-4-6-8-16)20(24)12-10-15-9-11-17(18(13-15)25-2)26-14-19(21)23/h9-13,16H,3-8,14H2,1-2H3,(H2,21,23)/b12-10+. The van der Waals surface area contributed by atoms with Crippen molar-refractivity contribution in [3.63, 3.8) is 0 Å². The normalized spacial score (nSPS) is 15.5. The number of primary amides is 1. The lowest BCUT2D eigenvalue weighted by molar-refractivity contribution is -0.127. The number of rotatable bonds is 7. The topological polar surface area (TPSA) is 81.9 Å². The molecule has 0 unspecified atom stereocenters. The molecule has 1 aliphatic carbocycles. The van der Waals surface area contributed by atoms with Crippen LogP contribution in [0.5, 0.6) is 11.5 Å². The number of amides is 2. The van der Waals surface area contributed by atoms with E-state index in [4.69, 9.17) is 15.2 Å². The number of benzene rings is 1. The maximum Gasteiger partial charge on any atom is 0.255 e. The molecule has 26 heavy (non-hydrogen) atoms. The van der Waals surface area contributed by atoms with E-state index in [0.717, 1.165) is 18.4 Å². The molecule has 0 heterocycles. The van der Waals surface area contributed by atoms with Gasteiger partial charge < -0.3 is 20.1 Å². The van der Waals surface area contributed by atoms with Crippen LogP contribution in [0.4, 0.5) is 0 Å². The van der Waals surface area contributed by atoms with E-state index >= 15 is 0 Å². The highest BCUT2D eigenvalue weighted by molar-refractivity contribution is 5.91. The Kier molecular flexibility index (Phi) is 7.51. The zero-order chi connectivity index (χ0) is 18.9. The summed E-state index contributed by atoms with van der Waals surface area (Å²) in [5, 5.41) is 0. The average molecular weight is 360 g/mol. The van der Waals surface area contributed by atoms with Crippen molar-refractivity contribution < 1.29 is 19.1 Å². The van der Waals surface area contributed by atoms with E-state index < -0.39 is 5.91 Å². The summed E-state index contributed by atoms with van der Waals surface area (Å²) in [4.78, 5) is 25.1. The quantitative estimate of drug-likeness (QED) is 0.599. The first-order chi connectivity index (χ1) is 12.5. The van der Waals surface area contributed by atoms with Gasteiger partial charge in [0.25, 0.3) is 5.91 Å². The first kappa shape index (κ1) is 19.8. The summed E-state index contributed by atoms with van der Waals surface area (Å²) in [6.45, 7) is -0.212. The number of hydrogen-bond donors (Lipinski definition) is 1. The lowest BCUT2D eigenvalue weighted by Gasteiger charge is -2.26. The second-order valence-electron chi connectivity index (χ2n) is 6.59. The summed E-state index contributed by atoms with van der Waals surface area (Å²) in [5.41, 5.74) is 5.90. The minimum atomic E-state index is -0.553. The van der Waals surface area contributed by atoms with E-state index in [0.29, 0.717) is 17.5 Å². The van der Waals surface area contributed by atoms with Crippen LogP contribution in [0.3, 0.4) is 0 Å². The molecule has 0 radical (unpaired) electrons. The molecule has 6 nitrogen and oxygen atoms in total. The maximum absolute atomic E-state index is 12.5. The highest BCUT2D eigenvalue weighted by Gasteiger charge is 2.19. The molecule has 1 aromatic carbocycles. The number of hydrogen-bond acceptors (Lipinski definition) is 4. The Labute approximate surface area is 154 Å². The Morgan fingerprint density at radius 2 is 1.88 bits per heavy atom. The fraction of sp³-hybridized carbons (Fsp3) is 0.500. The Bertz CT molecular complexity index is 649. The Hall–Kier alpha value is -2.50. The largest absolute Gasteiger partial charge is 0.493 e. The molecule has 6 heteroatoms. The predicted molar refractivity (Wildman–Crippen MR) is 101 cm³/mol. The van der Waals surface area contributed by atoms with Crippen LogP contribution in [0.15, 0.2) is 24.3 Å². The summed E-state index contributed by atoms with van der Waals surface area (Å²) < 4.78 is 10.6. The van der Waals surface area contributed by atoms with Crippen molar-refractivity contribution in [1.82, 2.24) is 4.90 Å². The van der Waals surface area contributed by atoms with Crippen molar-refractivity contribution in [2.45, 2.75) is 44.6 Å². The molecule has 1 aromatic rings. The maximum atomic E-state index is 12.5. The lowest BCUT2D eigenvalue weighted by Crippen LogP contribution is -2.35. The van der Waals surface area contributed by atoms with Crippen molar-refractivity contribution in [2.24, 2.45) is 5.73 Å². The Morgan fingerprint density at radius 1 is 1.19 bits per heavy atom. The van der Waals surface area contributed by atoms with Gasteiger partial charge in [0.15, 0.2) is 18.1 Å². The minimum Gasteiger partial charge on any atom is -0.493 e. The van der Waals surface area contributed by atoms with Crippen LogP contribution in [-0.4, -0.2) is 43.5 Å². The van der Waals surface area contributed by atoms with Gasteiger partial charge in [-0.2, -0.15) is 0 Å². The Balaban J connectivity index is 2.01. The summed E-state index contributed by atoms with van der Waals surface area (Å²) >= 11 is 0. The fourth-order valence-electron chi connectivity index (χ4n) is 3.17. The summed E-state index contributed by atoms with van der Waals surface area (Å²) in [7, 11) is 3.40. The summed E-state index contributed by atoms with van der Waals surface area (Å²) in [6.07, 6.45) is 10.4. The van der Waals surface area contributed by atoms with E-state index in [9.17, 15) is 9.59 Å². The van der Waals surface area contributed by atoms with Crippen molar-refractivity contribution in [2.75, 3.05) is 20.8 Å². The molecule has 0 bridgehead atoms. The molecule has 1 aliphatic rings. The molecule has 0 aliphatic heterocycles. The van der Waals surface area contributed by atoms with Crippen molar-refractivity contribution in [3.8, 4) is 11.5 Å². The Morgan fingerprint density at radius 3 is 2.50 bits per heavy atom. The number of nitrogens with zero attached hydrogens (tertiary/aromatic N) is 1. The van der Waals surface area contributed by atoms with Crippen molar-refractivity contribution >= 4 is 17.9 Å². The number of carbonyl (C=O) groups excluding carboxylic acids is 2. The van der Waals surface area contributed by atoms with E-state index in [-0.39, 0.29) is 12.5 Å². The first-order valence-corrected chi connectivity index (χ1v) is 9.05. The van der Waals surface area contributed by atoms with Crippen LogP contribution in [-0.2, 0) is 9.59 Å². The monoisotopic (exact) mass is 360 g/mol. The molecule has 142 valence electrons. The molecule has 0 atom stereocenters. The van der Waals surface area contributed by atoms with Gasteiger partial charge >= 0.3 is 0 Å². The zero-order valence-corrected chi connectivity index (χ0v) is 15.6. The molecule has 2 amide bonds. The van der Waals surface area contributed by atoms with Crippen molar-refractivity contribution in [3.05, 3.63) is 29.8 Å². The number of methoxy groups -OCH3 is 1. The molecule has 0 spiro atoms. The first-order valence-electron chi connectivity index (χ1n) is 9.05. The van der Waals surface area contributed by atoms with Crippen LogP contribution < -0.4 is 15.2 Å². The molecule has 1 fully saturated rings. The molecule has 0 aromatic heterocycles. The van der Waals surface area contributed by atoms with Crippen molar-refractivity contribution in [1.29, 1.82) is 0 Å². The van der Waals surface area contributed by atoms with E-state index in [2.05, 4.69) is 0 Å². The second-order valence-corrected chi connectivity index (χ2v) is 6.59. The van der Waals surface area contributed by atoms with Gasteiger partial charge in [-0.05, 0) is 36.6 Å². The van der Waals surface area contributed by atoms with Gasteiger partial charge in [-0.25, -0.2) is 0 Å². The SMILES string of the molecule is COc1cc(/C=C/C(=O)N(C)C2CCCCCC2)ccc1OCC(N)=O. The molecular weight excluding hydrogens is 332 g/mol. The number of likely N-dealkylation sites (N-methyl/N-ethyl adjacent to an activating group) is 1. The zero-order valence-electron chi connectivity index (χ0n) is 15.6. The molecule has 2 rings (SSSR count). The second kappa shape index (κ2) is 9.85. The van der Waals surface area contributed by atoms with Gasteiger partial charge in [0.05, 0.1) is 7.11 Å². The summed E-state index contributed by atoms with van der Waals surface area (Å²) in [5.74, 6) is 0.372. The molecule has 1 saturated carbocycles.